The van der Waals surface area contributed by atoms with Gasteiger partial charge in [0.1, 0.15) is 0 Å². The van der Waals surface area contributed by atoms with E-state index in [0.29, 0.717) is 12.6 Å². The number of aromatic nitrogens is 1. The molecule has 1 atom stereocenters. The molecule has 90 valence electrons. The van der Waals surface area contributed by atoms with Crippen LogP contribution in [-0.2, 0) is 6.54 Å². The van der Waals surface area contributed by atoms with E-state index >= 15 is 0 Å². The minimum atomic E-state index is -0.298. The largest absolute Gasteiger partial charge is 0.392 e. The van der Waals surface area contributed by atoms with Crippen molar-refractivity contribution < 1.29 is 5.11 Å². The summed E-state index contributed by atoms with van der Waals surface area (Å²) in [5.41, 5.74) is 2.23. The average Bonchev–Trinajstić information content (AvgIpc) is 2.19. The third-order valence-corrected chi connectivity index (χ3v) is 2.57. The van der Waals surface area contributed by atoms with Gasteiger partial charge in [-0.25, -0.2) is 0 Å². The maximum atomic E-state index is 9.43. The van der Waals surface area contributed by atoms with E-state index in [1.165, 1.54) is 5.56 Å². The minimum Gasteiger partial charge on any atom is -0.392 e. The fourth-order valence-corrected chi connectivity index (χ4v) is 1.60. The van der Waals surface area contributed by atoms with Crippen LogP contribution in [0.1, 0.15) is 32.0 Å². The molecule has 3 heteroatoms. The number of rotatable bonds is 5. The van der Waals surface area contributed by atoms with E-state index in [-0.39, 0.29) is 6.10 Å². The fraction of sp³-hybridized carbons (Fsp3) is 0.615. The highest BCUT2D eigenvalue weighted by Gasteiger charge is 2.12. The molecule has 0 aliphatic heterocycles. The van der Waals surface area contributed by atoms with Gasteiger partial charge in [-0.15, -0.1) is 0 Å². The molecule has 0 aromatic carbocycles. The Morgan fingerprint density at radius 3 is 2.44 bits per heavy atom. The zero-order valence-electron chi connectivity index (χ0n) is 10.6. The van der Waals surface area contributed by atoms with Crippen molar-refractivity contribution in [1.82, 2.24) is 9.88 Å². The molecule has 1 heterocycles. The van der Waals surface area contributed by atoms with Crippen molar-refractivity contribution in [3.05, 3.63) is 29.6 Å². The van der Waals surface area contributed by atoms with Gasteiger partial charge < -0.3 is 5.11 Å². The number of nitrogens with zero attached hydrogens (tertiary/aromatic N) is 2. The Morgan fingerprint density at radius 2 is 2.00 bits per heavy atom. The lowest BCUT2D eigenvalue weighted by molar-refractivity contribution is 0.102. The highest BCUT2D eigenvalue weighted by atomic mass is 16.3. The molecule has 0 amide bonds. The predicted octanol–water partition coefficient (Wildman–Crippen LogP) is 1.98. The summed E-state index contributed by atoms with van der Waals surface area (Å²) in [6.07, 6.45) is 1.59. The Balaban J connectivity index is 2.64. The SMILES string of the molecule is Cc1ccc(CN(CC(C)O)C(C)C)nc1. The zero-order chi connectivity index (χ0) is 12.1. The van der Waals surface area contributed by atoms with Gasteiger partial charge >= 0.3 is 0 Å². The predicted molar refractivity (Wildman–Crippen MR) is 66.2 cm³/mol. The third kappa shape index (κ3) is 4.29. The maximum Gasteiger partial charge on any atom is 0.0639 e. The number of aryl methyl sites for hydroxylation is 1. The Kier molecular flexibility index (Phi) is 4.90. The van der Waals surface area contributed by atoms with Gasteiger partial charge in [0.25, 0.3) is 0 Å². The van der Waals surface area contributed by atoms with Crippen LogP contribution >= 0.6 is 0 Å². The highest BCUT2D eigenvalue weighted by molar-refractivity contribution is 5.12. The van der Waals surface area contributed by atoms with Crippen molar-refractivity contribution >= 4 is 0 Å². The lowest BCUT2D eigenvalue weighted by atomic mass is 10.2. The van der Waals surface area contributed by atoms with E-state index in [1.54, 1.807) is 0 Å². The van der Waals surface area contributed by atoms with Gasteiger partial charge in [0.2, 0.25) is 0 Å². The molecule has 0 radical (unpaired) electrons. The molecule has 1 N–H and O–H groups in total. The van der Waals surface area contributed by atoms with Gasteiger partial charge in [-0.05, 0) is 39.3 Å². The summed E-state index contributed by atoms with van der Waals surface area (Å²) in [7, 11) is 0. The second-order valence-corrected chi connectivity index (χ2v) is 4.70. The van der Waals surface area contributed by atoms with Crippen LogP contribution < -0.4 is 0 Å². The molecule has 16 heavy (non-hydrogen) atoms. The summed E-state index contributed by atoms with van der Waals surface area (Å²) in [5, 5.41) is 9.43. The number of pyridine rings is 1. The van der Waals surface area contributed by atoms with Crippen molar-refractivity contribution in [3.8, 4) is 0 Å². The summed E-state index contributed by atoms with van der Waals surface area (Å²) < 4.78 is 0. The van der Waals surface area contributed by atoms with Crippen molar-refractivity contribution in [2.24, 2.45) is 0 Å². The number of aliphatic hydroxyl groups excluding tert-OH is 1. The quantitative estimate of drug-likeness (QED) is 0.827. The first-order chi connectivity index (χ1) is 7.49. The molecule has 1 aromatic heterocycles. The van der Waals surface area contributed by atoms with Gasteiger partial charge in [0.15, 0.2) is 0 Å². The molecule has 0 saturated carbocycles. The molecule has 1 unspecified atom stereocenters. The first-order valence-corrected chi connectivity index (χ1v) is 5.82. The molecule has 3 nitrogen and oxygen atoms in total. The minimum absolute atomic E-state index is 0.298. The molecule has 0 saturated heterocycles. The van der Waals surface area contributed by atoms with Crippen LogP contribution in [0.3, 0.4) is 0 Å². The van der Waals surface area contributed by atoms with Gasteiger partial charge in [0.05, 0.1) is 11.8 Å². The average molecular weight is 222 g/mol. The van der Waals surface area contributed by atoms with Gasteiger partial charge in [-0.2, -0.15) is 0 Å². The smallest absolute Gasteiger partial charge is 0.0639 e. The molecule has 0 bridgehead atoms. The number of hydrogen-bond donors (Lipinski definition) is 1. The Labute approximate surface area is 98.1 Å². The standard InChI is InChI=1S/C13H22N2O/c1-10(2)15(8-12(4)16)9-13-6-5-11(3)7-14-13/h5-7,10,12,16H,8-9H2,1-4H3. The van der Waals surface area contributed by atoms with Gasteiger partial charge in [-0.3, -0.25) is 9.88 Å². The molecule has 1 rings (SSSR count). The topological polar surface area (TPSA) is 36.4 Å². The van der Waals surface area contributed by atoms with E-state index in [2.05, 4.69) is 29.8 Å². The summed E-state index contributed by atoms with van der Waals surface area (Å²) in [5.74, 6) is 0. The number of aliphatic hydroxyl groups is 1. The van der Waals surface area contributed by atoms with Gasteiger partial charge in [-0.1, -0.05) is 6.07 Å². The Morgan fingerprint density at radius 1 is 1.31 bits per heavy atom. The number of hydrogen-bond acceptors (Lipinski definition) is 3. The molecule has 0 aliphatic carbocycles. The van der Waals surface area contributed by atoms with Crippen LogP contribution in [0.15, 0.2) is 18.3 Å². The van der Waals surface area contributed by atoms with Crippen LogP contribution in [0.5, 0.6) is 0 Å². The first kappa shape index (κ1) is 13.1. The summed E-state index contributed by atoms with van der Waals surface area (Å²) in [4.78, 5) is 6.61. The molecule has 0 spiro atoms. The van der Waals surface area contributed by atoms with E-state index in [4.69, 9.17) is 0 Å². The van der Waals surface area contributed by atoms with E-state index in [0.717, 1.165) is 12.2 Å². The second-order valence-electron chi connectivity index (χ2n) is 4.70. The Bertz CT molecular complexity index is 306. The molecular weight excluding hydrogens is 200 g/mol. The fourth-order valence-electron chi connectivity index (χ4n) is 1.60. The summed E-state index contributed by atoms with van der Waals surface area (Å²) in [6, 6.07) is 4.54. The summed E-state index contributed by atoms with van der Waals surface area (Å²) in [6.45, 7) is 9.61. The molecular formula is C13H22N2O. The second kappa shape index (κ2) is 5.97. The van der Waals surface area contributed by atoms with Crippen LogP contribution in [0.4, 0.5) is 0 Å². The van der Waals surface area contributed by atoms with E-state index in [1.807, 2.05) is 26.1 Å². The molecule has 0 aliphatic rings. The van der Waals surface area contributed by atoms with Crippen molar-refractivity contribution in [3.63, 3.8) is 0 Å². The van der Waals surface area contributed by atoms with Gasteiger partial charge in [0, 0.05) is 25.3 Å². The third-order valence-electron chi connectivity index (χ3n) is 2.57. The lowest BCUT2D eigenvalue weighted by Crippen LogP contribution is -2.36. The van der Waals surface area contributed by atoms with Crippen molar-refractivity contribution in [1.29, 1.82) is 0 Å². The maximum absolute atomic E-state index is 9.43. The van der Waals surface area contributed by atoms with Crippen molar-refractivity contribution in [2.45, 2.75) is 46.4 Å². The van der Waals surface area contributed by atoms with E-state index < -0.39 is 0 Å². The zero-order valence-corrected chi connectivity index (χ0v) is 10.6. The van der Waals surface area contributed by atoms with E-state index in [9.17, 15) is 5.11 Å². The normalized spacial score (nSPS) is 13.4. The Hall–Kier alpha value is -0.930. The molecule has 1 aromatic rings. The van der Waals surface area contributed by atoms with Crippen LogP contribution in [-0.4, -0.2) is 33.7 Å². The van der Waals surface area contributed by atoms with Crippen LogP contribution in [0, 0.1) is 6.92 Å². The monoisotopic (exact) mass is 222 g/mol. The first-order valence-electron chi connectivity index (χ1n) is 5.82. The van der Waals surface area contributed by atoms with Crippen LogP contribution in [0.25, 0.3) is 0 Å². The molecule has 0 fully saturated rings. The van der Waals surface area contributed by atoms with Crippen molar-refractivity contribution in [2.75, 3.05) is 6.54 Å². The lowest BCUT2D eigenvalue weighted by Gasteiger charge is -2.27. The summed E-state index contributed by atoms with van der Waals surface area (Å²) >= 11 is 0. The highest BCUT2D eigenvalue weighted by Crippen LogP contribution is 2.07. The van der Waals surface area contributed by atoms with Crippen LogP contribution in [0.2, 0.25) is 0 Å².